The highest BCUT2D eigenvalue weighted by Crippen LogP contribution is 2.71. The summed E-state index contributed by atoms with van der Waals surface area (Å²) in [7, 11) is 0. The van der Waals surface area contributed by atoms with E-state index in [1.165, 1.54) is 18.4 Å². The molecule has 0 bridgehead atoms. The standard InChI is InChI=1S/C30H44O4/c1-18(16-30(33)17-19(2)25(32)34-30)20-10-14-29(7)22-8-9-23-26(3,4)24(31)12-13-27(23,5)21(22)11-15-28(20,29)6/h10-11,17-18,22-24,31,33H,8-9,12-16H2,1-7H3. The Morgan fingerprint density at radius 3 is 2.44 bits per heavy atom. The highest BCUT2D eigenvalue weighted by molar-refractivity contribution is 5.90. The first-order valence-corrected chi connectivity index (χ1v) is 13.4. The Kier molecular flexibility index (Phi) is 5.23. The van der Waals surface area contributed by atoms with Gasteiger partial charge in [0.25, 0.3) is 0 Å². The summed E-state index contributed by atoms with van der Waals surface area (Å²) in [6, 6.07) is 0. The average Bonchev–Trinajstić information content (AvgIpc) is 3.16. The lowest BCUT2D eigenvalue weighted by atomic mass is 9.41. The van der Waals surface area contributed by atoms with Crippen LogP contribution in [0.2, 0.25) is 0 Å². The summed E-state index contributed by atoms with van der Waals surface area (Å²) in [4.78, 5) is 11.9. The van der Waals surface area contributed by atoms with Crippen LogP contribution < -0.4 is 0 Å². The summed E-state index contributed by atoms with van der Waals surface area (Å²) in [5.74, 6) is -0.714. The number of fused-ring (bicyclic) bond motifs is 5. The lowest BCUT2D eigenvalue weighted by molar-refractivity contribution is -0.182. The maximum Gasteiger partial charge on any atom is 0.336 e. The fourth-order valence-electron chi connectivity index (χ4n) is 9.35. The van der Waals surface area contributed by atoms with Gasteiger partial charge in [0.05, 0.1) is 6.10 Å². The van der Waals surface area contributed by atoms with Gasteiger partial charge in [-0.25, -0.2) is 4.79 Å². The highest BCUT2D eigenvalue weighted by Gasteiger charge is 2.63. The van der Waals surface area contributed by atoms with E-state index in [4.69, 9.17) is 4.74 Å². The maximum absolute atomic E-state index is 11.9. The summed E-state index contributed by atoms with van der Waals surface area (Å²) < 4.78 is 5.34. The molecule has 4 nitrogen and oxygen atoms in total. The summed E-state index contributed by atoms with van der Waals surface area (Å²) >= 11 is 0. The first kappa shape index (κ1) is 24.3. The van der Waals surface area contributed by atoms with E-state index >= 15 is 0 Å². The third kappa shape index (κ3) is 3.06. The lowest BCUT2D eigenvalue weighted by Gasteiger charge is -2.64. The van der Waals surface area contributed by atoms with Crippen molar-refractivity contribution in [1.82, 2.24) is 0 Å². The van der Waals surface area contributed by atoms with Gasteiger partial charge in [-0.15, -0.1) is 0 Å². The van der Waals surface area contributed by atoms with E-state index < -0.39 is 11.8 Å². The first-order chi connectivity index (χ1) is 15.7. The van der Waals surface area contributed by atoms with Crippen molar-refractivity contribution in [3.05, 3.63) is 34.9 Å². The Bertz CT molecular complexity index is 1000. The average molecular weight is 469 g/mol. The van der Waals surface area contributed by atoms with Gasteiger partial charge in [-0.3, -0.25) is 0 Å². The molecule has 0 saturated heterocycles. The molecule has 0 aromatic rings. The van der Waals surface area contributed by atoms with Crippen molar-refractivity contribution in [2.24, 2.45) is 39.4 Å². The molecule has 5 rings (SSSR count). The Hall–Kier alpha value is -1.39. The van der Waals surface area contributed by atoms with Crippen LogP contribution in [0.25, 0.3) is 0 Å². The van der Waals surface area contributed by atoms with Crippen molar-refractivity contribution < 1.29 is 19.7 Å². The second-order valence-corrected chi connectivity index (χ2v) is 13.6. The Morgan fingerprint density at radius 2 is 1.79 bits per heavy atom. The minimum Gasteiger partial charge on any atom is -0.426 e. The number of hydrogen-bond donors (Lipinski definition) is 2. The van der Waals surface area contributed by atoms with Crippen molar-refractivity contribution in [3.8, 4) is 0 Å². The number of cyclic esters (lactones) is 1. The largest absolute Gasteiger partial charge is 0.426 e. The molecule has 4 heteroatoms. The predicted molar refractivity (Wildman–Crippen MR) is 134 cm³/mol. The Balaban J connectivity index is 1.45. The molecule has 2 saturated carbocycles. The molecule has 2 N–H and O–H groups in total. The van der Waals surface area contributed by atoms with Gasteiger partial charge in [0.1, 0.15) is 0 Å². The number of esters is 1. The second kappa shape index (κ2) is 7.32. The molecular weight excluding hydrogens is 424 g/mol. The molecule has 0 radical (unpaired) electrons. The van der Waals surface area contributed by atoms with Gasteiger partial charge >= 0.3 is 5.97 Å². The van der Waals surface area contributed by atoms with Crippen LogP contribution in [-0.4, -0.2) is 28.1 Å². The third-order valence-corrected chi connectivity index (χ3v) is 11.5. The van der Waals surface area contributed by atoms with Crippen molar-refractivity contribution >= 4 is 5.97 Å². The zero-order valence-electron chi connectivity index (χ0n) is 22.2. The molecule has 0 aromatic heterocycles. The summed E-state index contributed by atoms with van der Waals surface area (Å²) in [6.07, 6.45) is 13.2. The minimum atomic E-state index is -1.49. The zero-order valence-corrected chi connectivity index (χ0v) is 22.2. The van der Waals surface area contributed by atoms with Gasteiger partial charge in [-0.1, -0.05) is 64.8 Å². The third-order valence-electron chi connectivity index (χ3n) is 11.5. The fraction of sp³-hybridized carbons (Fsp3) is 0.767. The minimum absolute atomic E-state index is 0.0329. The molecule has 2 fully saturated rings. The van der Waals surface area contributed by atoms with Gasteiger partial charge in [-0.2, -0.15) is 0 Å². The number of carbonyl (C=O) groups is 1. The van der Waals surface area contributed by atoms with Crippen LogP contribution in [0.1, 0.15) is 93.4 Å². The maximum atomic E-state index is 11.9. The molecule has 8 atom stereocenters. The number of carbonyl (C=O) groups excluding carboxylic acids is 1. The van der Waals surface area contributed by atoms with Crippen molar-refractivity contribution in [3.63, 3.8) is 0 Å². The Morgan fingerprint density at radius 1 is 1.09 bits per heavy atom. The van der Waals surface area contributed by atoms with Crippen LogP contribution in [0.4, 0.5) is 0 Å². The number of allylic oxidation sites excluding steroid dienone is 4. The topological polar surface area (TPSA) is 66.8 Å². The van der Waals surface area contributed by atoms with E-state index in [1.54, 1.807) is 18.6 Å². The van der Waals surface area contributed by atoms with Crippen LogP contribution in [0.5, 0.6) is 0 Å². The number of hydrogen-bond acceptors (Lipinski definition) is 4. The van der Waals surface area contributed by atoms with Crippen molar-refractivity contribution in [1.29, 1.82) is 0 Å². The van der Waals surface area contributed by atoms with Gasteiger partial charge in [-0.05, 0) is 90.9 Å². The quantitative estimate of drug-likeness (QED) is 0.388. The number of aliphatic hydroxyl groups excluding tert-OH is 1. The van der Waals surface area contributed by atoms with Crippen LogP contribution in [-0.2, 0) is 9.53 Å². The highest BCUT2D eigenvalue weighted by atomic mass is 16.7. The number of aliphatic hydroxyl groups is 2. The normalized spacial score (nSPS) is 48.1. The summed E-state index contributed by atoms with van der Waals surface area (Å²) in [6.45, 7) is 15.9. The summed E-state index contributed by atoms with van der Waals surface area (Å²) in [5, 5.41) is 21.8. The molecule has 5 aliphatic rings. The SMILES string of the molecule is CC1=CC(O)(CC(C)C2=CCC3(C)C4CCC5C(C)(CCC(O)C5(C)C)C4=CCC23C)OC1=O. The van der Waals surface area contributed by atoms with Crippen molar-refractivity contribution in [2.75, 3.05) is 0 Å². The molecule has 0 amide bonds. The van der Waals surface area contributed by atoms with E-state index in [9.17, 15) is 15.0 Å². The van der Waals surface area contributed by atoms with Crippen LogP contribution in [0, 0.1) is 39.4 Å². The van der Waals surface area contributed by atoms with Crippen LogP contribution in [0.15, 0.2) is 34.9 Å². The van der Waals surface area contributed by atoms with Gasteiger partial charge < -0.3 is 14.9 Å². The molecule has 0 aromatic carbocycles. The first-order valence-electron chi connectivity index (χ1n) is 13.4. The molecule has 4 aliphatic carbocycles. The van der Waals surface area contributed by atoms with Crippen molar-refractivity contribution in [2.45, 2.75) is 105 Å². The smallest absolute Gasteiger partial charge is 0.336 e. The molecule has 1 aliphatic heterocycles. The number of ether oxygens (including phenoxy) is 1. The Labute approximate surface area is 205 Å². The second-order valence-electron chi connectivity index (χ2n) is 13.6. The molecule has 188 valence electrons. The van der Waals surface area contributed by atoms with Crippen LogP contribution in [0.3, 0.4) is 0 Å². The molecule has 8 unspecified atom stereocenters. The van der Waals surface area contributed by atoms with Gasteiger partial charge in [0.2, 0.25) is 5.79 Å². The fourth-order valence-corrected chi connectivity index (χ4v) is 9.35. The van der Waals surface area contributed by atoms with E-state index in [1.807, 2.05) is 0 Å². The monoisotopic (exact) mass is 468 g/mol. The molecular formula is C30H44O4. The van der Waals surface area contributed by atoms with E-state index in [2.05, 4.69) is 53.7 Å². The molecule has 34 heavy (non-hydrogen) atoms. The molecule has 1 heterocycles. The lowest BCUT2D eigenvalue weighted by Crippen LogP contribution is -2.57. The van der Waals surface area contributed by atoms with Crippen LogP contribution >= 0.6 is 0 Å². The van der Waals surface area contributed by atoms with E-state index in [0.717, 1.165) is 25.7 Å². The summed E-state index contributed by atoms with van der Waals surface area (Å²) in [5.41, 5.74) is 3.86. The molecule has 0 spiro atoms. The van der Waals surface area contributed by atoms with Gasteiger partial charge in [0.15, 0.2) is 0 Å². The zero-order chi connectivity index (χ0) is 24.9. The van der Waals surface area contributed by atoms with E-state index in [-0.39, 0.29) is 33.7 Å². The van der Waals surface area contributed by atoms with Gasteiger partial charge in [0, 0.05) is 12.0 Å². The number of rotatable bonds is 3. The van der Waals surface area contributed by atoms with E-state index in [0.29, 0.717) is 23.8 Å². The predicted octanol–water partition coefficient (Wildman–Crippen LogP) is 6.09.